The van der Waals surface area contributed by atoms with Crippen LogP contribution >= 0.6 is 11.3 Å². The number of halogens is 2. The number of anilines is 2. The number of benzene rings is 1. The van der Waals surface area contributed by atoms with Gasteiger partial charge in [0.1, 0.15) is 22.4 Å². The Labute approximate surface area is 213 Å². The molecule has 0 spiro atoms. The van der Waals surface area contributed by atoms with E-state index in [9.17, 15) is 9.65 Å². The van der Waals surface area contributed by atoms with Crippen molar-refractivity contribution >= 4 is 43.1 Å². The summed E-state index contributed by atoms with van der Waals surface area (Å²) in [6, 6.07) is 2.55. The summed E-state index contributed by atoms with van der Waals surface area (Å²) in [5.41, 5.74) is 7.82. The van der Waals surface area contributed by atoms with Crippen LogP contribution in [0.15, 0.2) is 6.20 Å². The molecule has 6 heterocycles. The van der Waals surface area contributed by atoms with Gasteiger partial charge in [-0.25, -0.2) is 8.78 Å². The number of nitrogens with two attached hydrogens (primary N) is 1. The topological polar surface area (TPSA) is 122 Å². The van der Waals surface area contributed by atoms with Gasteiger partial charge in [0.05, 0.1) is 47.9 Å². The number of nitrogens with zero attached hydrogens (tertiary/aromatic N) is 5. The van der Waals surface area contributed by atoms with Crippen LogP contribution in [0, 0.1) is 23.0 Å². The van der Waals surface area contributed by atoms with Crippen LogP contribution in [0.5, 0.6) is 6.01 Å². The molecule has 3 aliphatic heterocycles. The number of hydrogen-bond donors (Lipinski definition) is 2. The third-order valence-corrected chi connectivity index (χ3v) is 8.64. The number of rotatable bonds is 3. The van der Waals surface area contributed by atoms with Crippen LogP contribution in [0.25, 0.3) is 32.2 Å². The summed E-state index contributed by atoms with van der Waals surface area (Å²) in [6.07, 6.45) is 3.06. The Kier molecular flexibility index (Phi) is 4.98. The smallest absolute Gasteiger partial charge is 0.318 e. The molecule has 188 valence electrons. The van der Waals surface area contributed by atoms with Crippen molar-refractivity contribution in [3.05, 3.63) is 34.5 Å². The largest absolute Gasteiger partial charge is 0.467 e. The molecular formula is C25H21F2N7O2S. The van der Waals surface area contributed by atoms with Crippen LogP contribution in [0.2, 0.25) is 0 Å². The first-order chi connectivity index (χ1) is 18.0. The summed E-state index contributed by atoms with van der Waals surface area (Å²) in [5, 5.41) is 14.2. The van der Waals surface area contributed by atoms with Crippen LogP contribution in [0.4, 0.5) is 19.6 Å². The van der Waals surface area contributed by atoms with Crippen molar-refractivity contribution in [2.75, 3.05) is 30.8 Å². The Balaban J connectivity index is 1.58. The van der Waals surface area contributed by atoms with Crippen molar-refractivity contribution < 1.29 is 18.3 Å². The lowest BCUT2D eigenvalue weighted by Crippen LogP contribution is -2.52. The van der Waals surface area contributed by atoms with Gasteiger partial charge in [0, 0.05) is 36.1 Å². The number of hydrogen-bond acceptors (Lipinski definition) is 10. The zero-order valence-electron chi connectivity index (χ0n) is 19.8. The van der Waals surface area contributed by atoms with Gasteiger partial charge in [-0.05, 0) is 24.0 Å². The molecule has 9 nitrogen and oxygen atoms in total. The third-order valence-electron chi connectivity index (χ3n) is 7.61. The summed E-state index contributed by atoms with van der Waals surface area (Å²) in [5.74, 6) is -0.623. The molecular weight excluding hydrogens is 500 g/mol. The summed E-state index contributed by atoms with van der Waals surface area (Å²) in [6.45, 7) is 2.01. The summed E-state index contributed by atoms with van der Waals surface area (Å²) in [4.78, 5) is 15.7. The van der Waals surface area contributed by atoms with Gasteiger partial charge < -0.3 is 25.4 Å². The quantitative estimate of drug-likeness (QED) is 0.416. The molecule has 2 saturated heterocycles. The van der Waals surface area contributed by atoms with E-state index < -0.39 is 11.6 Å². The molecule has 37 heavy (non-hydrogen) atoms. The molecule has 0 saturated carbocycles. The monoisotopic (exact) mass is 521 g/mol. The predicted molar refractivity (Wildman–Crippen MR) is 134 cm³/mol. The highest BCUT2D eigenvalue weighted by molar-refractivity contribution is 7.23. The van der Waals surface area contributed by atoms with Gasteiger partial charge in [0.15, 0.2) is 11.6 Å². The van der Waals surface area contributed by atoms with Gasteiger partial charge in [-0.15, -0.1) is 11.3 Å². The second-order valence-electron chi connectivity index (χ2n) is 9.46. The number of ether oxygens (including phenoxy) is 2. The van der Waals surface area contributed by atoms with Crippen LogP contribution in [-0.4, -0.2) is 47.2 Å². The number of piperazine rings is 1. The SMILES string of the molecule is COc1nc(N2C3CCC2CNC3)c2c3c(c(-c4ncc(F)c5sc(N)c(C#N)c45)c(F)c2n1)COC3. The van der Waals surface area contributed by atoms with Crippen LogP contribution in [-0.2, 0) is 18.0 Å². The van der Waals surface area contributed by atoms with E-state index in [0.29, 0.717) is 16.8 Å². The first-order valence-corrected chi connectivity index (χ1v) is 12.8. The predicted octanol–water partition coefficient (Wildman–Crippen LogP) is 3.62. The fourth-order valence-corrected chi connectivity index (χ4v) is 6.95. The molecule has 12 heteroatoms. The minimum absolute atomic E-state index is 0.0545. The minimum atomic E-state index is -0.641. The number of nitriles is 1. The second-order valence-corrected chi connectivity index (χ2v) is 10.5. The minimum Gasteiger partial charge on any atom is -0.467 e. The maximum absolute atomic E-state index is 16.7. The lowest BCUT2D eigenvalue weighted by atomic mass is 9.93. The van der Waals surface area contributed by atoms with E-state index in [4.69, 9.17) is 20.2 Å². The van der Waals surface area contributed by atoms with Gasteiger partial charge in [-0.2, -0.15) is 15.2 Å². The molecule has 1 aromatic carbocycles. The number of methoxy groups -OCH3 is 1. The number of fused-ring (bicyclic) bond motifs is 6. The Morgan fingerprint density at radius 3 is 2.68 bits per heavy atom. The van der Waals surface area contributed by atoms with E-state index in [2.05, 4.69) is 20.2 Å². The molecule has 3 aliphatic rings. The summed E-state index contributed by atoms with van der Waals surface area (Å²) in [7, 11) is 1.45. The number of nitrogens with one attached hydrogen (secondary N) is 1. The molecule has 2 fully saturated rings. The van der Waals surface area contributed by atoms with Crippen molar-refractivity contribution in [2.45, 2.75) is 38.1 Å². The standard InChI is InChI=1S/C25H21F2N7O2S/c1-35-25-32-21-18(24(33-25)34-10-2-3-11(34)6-30-5-10)14-9-36-8-13(14)16(19(21)27)20-17-12(4-28)23(29)37-22(17)15(26)7-31-20/h7,10-11,30H,2-3,5-6,8-9,29H2,1H3. The molecule has 2 bridgehead atoms. The maximum Gasteiger partial charge on any atom is 0.318 e. The van der Waals surface area contributed by atoms with E-state index in [-0.39, 0.29) is 68.7 Å². The van der Waals surface area contributed by atoms with Gasteiger partial charge in [-0.1, -0.05) is 0 Å². The van der Waals surface area contributed by atoms with Crippen molar-refractivity contribution in [3.8, 4) is 23.3 Å². The average molecular weight is 522 g/mol. The molecule has 2 unspecified atom stereocenters. The van der Waals surface area contributed by atoms with E-state index in [1.54, 1.807) is 0 Å². The van der Waals surface area contributed by atoms with Crippen LogP contribution in [0.3, 0.4) is 0 Å². The Morgan fingerprint density at radius 1 is 1.19 bits per heavy atom. The van der Waals surface area contributed by atoms with Crippen LogP contribution in [0.1, 0.15) is 29.5 Å². The normalized spacial score (nSPS) is 20.5. The van der Waals surface area contributed by atoms with Crippen molar-refractivity contribution in [2.24, 2.45) is 0 Å². The fraction of sp³-hybridized carbons (Fsp3) is 0.360. The number of nitrogen functional groups attached to an aromatic ring is 1. The zero-order chi connectivity index (χ0) is 25.4. The molecule has 0 radical (unpaired) electrons. The third kappa shape index (κ3) is 3.08. The molecule has 0 aliphatic carbocycles. The Hall–Kier alpha value is -3.66. The number of pyridine rings is 1. The molecule has 2 atom stereocenters. The maximum atomic E-state index is 16.7. The lowest BCUT2D eigenvalue weighted by molar-refractivity contribution is 0.135. The first-order valence-electron chi connectivity index (χ1n) is 11.9. The fourth-order valence-electron chi connectivity index (χ4n) is 6.03. The highest BCUT2D eigenvalue weighted by Crippen LogP contribution is 2.47. The molecule has 3 N–H and O–H groups in total. The van der Waals surface area contributed by atoms with Gasteiger partial charge in [-0.3, -0.25) is 4.98 Å². The highest BCUT2D eigenvalue weighted by Gasteiger charge is 2.40. The van der Waals surface area contributed by atoms with E-state index in [0.717, 1.165) is 49.0 Å². The Bertz CT molecular complexity index is 1650. The number of thiophene rings is 1. The average Bonchev–Trinajstić information content (AvgIpc) is 3.58. The Morgan fingerprint density at radius 2 is 1.95 bits per heavy atom. The molecule has 7 rings (SSSR count). The van der Waals surface area contributed by atoms with E-state index in [1.807, 2.05) is 6.07 Å². The summed E-state index contributed by atoms with van der Waals surface area (Å²) >= 11 is 0.945. The number of aromatic nitrogens is 3. The molecule has 3 aromatic heterocycles. The second kappa shape index (κ2) is 8.17. The molecule has 0 amide bonds. The van der Waals surface area contributed by atoms with Gasteiger partial charge >= 0.3 is 6.01 Å². The van der Waals surface area contributed by atoms with E-state index >= 15 is 4.39 Å². The van der Waals surface area contributed by atoms with Crippen molar-refractivity contribution in [3.63, 3.8) is 0 Å². The van der Waals surface area contributed by atoms with Crippen molar-refractivity contribution in [1.82, 2.24) is 20.3 Å². The van der Waals surface area contributed by atoms with Gasteiger partial charge in [0.25, 0.3) is 0 Å². The van der Waals surface area contributed by atoms with Crippen molar-refractivity contribution in [1.29, 1.82) is 5.26 Å². The lowest BCUT2D eigenvalue weighted by Gasteiger charge is -2.37. The van der Waals surface area contributed by atoms with E-state index in [1.165, 1.54) is 7.11 Å². The molecule has 4 aromatic rings. The van der Waals surface area contributed by atoms with Gasteiger partial charge in [0.2, 0.25) is 0 Å². The highest BCUT2D eigenvalue weighted by atomic mass is 32.1. The summed E-state index contributed by atoms with van der Waals surface area (Å²) < 4.78 is 42.8. The first kappa shape index (κ1) is 22.5. The van der Waals surface area contributed by atoms with Crippen LogP contribution < -0.4 is 20.7 Å². The zero-order valence-corrected chi connectivity index (χ0v) is 20.6.